The number of aryl methyl sites for hydroxylation is 1. The molecule has 0 unspecified atom stereocenters. The highest BCUT2D eigenvalue weighted by atomic mass is 16.5. The van der Waals surface area contributed by atoms with Gasteiger partial charge in [0.2, 0.25) is 0 Å². The van der Waals surface area contributed by atoms with E-state index < -0.39 is 0 Å². The number of aldehydes is 1. The maximum Gasteiger partial charge on any atom is 0.146 e. The van der Waals surface area contributed by atoms with Crippen LogP contribution in [-0.2, 0) is 11.2 Å². The summed E-state index contributed by atoms with van der Waals surface area (Å²) in [5.74, 6) is 1.02. The van der Waals surface area contributed by atoms with Crippen LogP contribution in [0.1, 0.15) is 50.7 Å². The summed E-state index contributed by atoms with van der Waals surface area (Å²) in [7, 11) is 0. The zero-order valence-electron chi connectivity index (χ0n) is 12.4. The zero-order chi connectivity index (χ0) is 14.2. The van der Waals surface area contributed by atoms with Crippen molar-refractivity contribution in [3.8, 4) is 5.75 Å². The van der Waals surface area contributed by atoms with Gasteiger partial charge in [-0.3, -0.25) is 4.79 Å². The second kappa shape index (κ2) is 5.08. The molecule has 2 heteroatoms. The third-order valence-corrected chi connectivity index (χ3v) is 4.59. The number of rotatable bonds is 2. The lowest BCUT2D eigenvalue weighted by Crippen LogP contribution is -2.21. The molecule has 0 N–H and O–H groups in total. The minimum atomic E-state index is 0.0816. The molecule has 0 saturated carbocycles. The van der Waals surface area contributed by atoms with Crippen molar-refractivity contribution in [1.82, 2.24) is 0 Å². The Hall–Kier alpha value is -1.57. The second-order valence-corrected chi connectivity index (χ2v) is 6.53. The molecule has 0 aromatic heterocycles. The van der Waals surface area contributed by atoms with E-state index in [9.17, 15) is 4.79 Å². The Labute approximate surface area is 120 Å². The van der Waals surface area contributed by atoms with Crippen LogP contribution in [0.4, 0.5) is 0 Å². The van der Waals surface area contributed by atoms with Crippen molar-refractivity contribution in [3.05, 3.63) is 34.9 Å². The normalized spacial score (nSPS) is 21.1. The van der Waals surface area contributed by atoms with Gasteiger partial charge in [-0.15, -0.1) is 0 Å². The molecule has 1 aromatic rings. The van der Waals surface area contributed by atoms with E-state index in [1.807, 2.05) is 0 Å². The highest BCUT2D eigenvalue weighted by Gasteiger charge is 2.31. The molecule has 1 aliphatic heterocycles. The fourth-order valence-electron chi connectivity index (χ4n) is 3.62. The van der Waals surface area contributed by atoms with Crippen LogP contribution in [0.5, 0.6) is 5.75 Å². The van der Waals surface area contributed by atoms with E-state index in [2.05, 4.69) is 32.0 Å². The van der Waals surface area contributed by atoms with Gasteiger partial charge in [0.15, 0.2) is 0 Å². The fourth-order valence-corrected chi connectivity index (χ4v) is 3.62. The van der Waals surface area contributed by atoms with Gasteiger partial charge >= 0.3 is 0 Å². The largest absolute Gasteiger partial charge is 0.493 e. The summed E-state index contributed by atoms with van der Waals surface area (Å²) in [6, 6.07) is 6.43. The average molecular weight is 270 g/mol. The molecular weight excluding hydrogens is 248 g/mol. The third-order valence-electron chi connectivity index (χ3n) is 4.59. The molecule has 2 nitrogen and oxygen atoms in total. The van der Waals surface area contributed by atoms with Gasteiger partial charge in [0.25, 0.3) is 0 Å². The lowest BCUT2D eigenvalue weighted by Gasteiger charge is -2.34. The average Bonchev–Trinajstić information content (AvgIpc) is 2.45. The second-order valence-electron chi connectivity index (χ2n) is 6.53. The summed E-state index contributed by atoms with van der Waals surface area (Å²) in [4.78, 5) is 11.4. The predicted molar refractivity (Wildman–Crippen MR) is 80.9 cm³/mol. The smallest absolute Gasteiger partial charge is 0.146 e. The Balaban J connectivity index is 2.10. The first-order valence-electron chi connectivity index (χ1n) is 7.57. The van der Waals surface area contributed by atoms with Crippen LogP contribution in [-0.4, -0.2) is 12.9 Å². The fraction of sp³-hybridized carbons (Fsp3) is 0.500. The van der Waals surface area contributed by atoms with Crippen molar-refractivity contribution < 1.29 is 9.53 Å². The number of carbonyl (C=O) groups is 1. The molecule has 1 aliphatic carbocycles. The first-order chi connectivity index (χ1) is 9.62. The van der Waals surface area contributed by atoms with Crippen LogP contribution in [0.15, 0.2) is 23.8 Å². The number of hydrogen-bond donors (Lipinski definition) is 0. The van der Waals surface area contributed by atoms with Crippen LogP contribution >= 0.6 is 0 Å². The van der Waals surface area contributed by atoms with Gasteiger partial charge in [0.05, 0.1) is 6.61 Å². The molecule has 20 heavy (non-hydrogen) atoms. The van der Waals surface area contributed by atoms with E-state index in [0.717, 1.165) is 56.3 Å². The Kier molecular flexibility index (Phi) is 3.41. The van der Waals surface area contributed by atoms with E-state index in [1.54, 1.807) is 0 Å². The van der Waals surface area contributed by atoms with Crippen molar-refractivity contribution in [2.75, 3.05) is 6.61 Å². The van der Waals surface area contributed by atoms with Gasteiger partial charge in [0, 0.05) is 0 Å². The lowest BCUT2D eigenvalue weighted by atomic mass is 9.70. The van der Waals surface area contributed by atoms with Crippen molar-refractivity contribution in [3.63, 3.8) is 0 Å². The van der Waals surface area contributed by atoms with Gasteiger partial charge in [0.1, 0.15) is 12.0 Å². The summed E-state index contributed by atoms with van der Waals surface area (Å²) in [5, 5.41) is 0. The molecule has 1 aromatic carbocycles. The van der Waals surface area contributed by atoms with Crippen molar-refractivity contribution in [2.45, 2.75) is 46.0 Å². The van der Waals surface area contributed by atoms with Crippen LogP contribution in [0, 0.1) is 5.41 Å². The van der Waals surface area contributed by atoms with Crippen LogP contribution in [0.25, 0.3) is 5.57 Å². The van der Waals surface area contributed by atoms with Gasteiger partial charge < -0.3 is 4.74 Å². The molecule has 1 heterocycles. The maximum atomic E-state index is 11.4. The lowest BCUT2D eigenvalue weighted by molar-refractivity contribution is -0.105. The molecule has 0 radical (unpaired) electrons. The first-order valence-corrected chi connectivity index (χ1v) is 7.57. The molecule has 2 aliphatic rings. The Bertz CT molecular complexity index is 567. The molecule has 106 valence electrons. The van der Waals surface area contributed by atoms with E-state index in [-0.39, 0.29) is 5.41 Å². The van der Waals surface area contributed by atoms with Gasteiger partial charge in [-0.25, -0.2) is 0 Å². The third kappa shape index (κ3) is 2.28. The van der Waals surface area contributed by atoms with Crippen LogP contribution in [0.2, 0.25) is 0 Å². The summed E-state index contributed by atoms with van der Waals surface area (Å²) in [6.45, 7) is 5.32. The van der Waals surface area contributed by atoms with E-state index >= 15 is 0 Å². The maximum absolute atomic E-state index is 11.4. The number of hydrogen-bond acceptors (Lipinski definition) is 2. The Morgan fingerprint density at radius 1 is 1.20 bits per heavy atom. The monoisotopic (exact) mass is 270 g/mol. The van der Waals surface area contributed by atoms with Gasteiger partial charge in [-0.1, -0.05) is 19.9 Å². The predicted octanol–water partition coefficient (Wildman–Crippen LogP) is 4.17. The number of allylic oxidation sites excluding steroid dienone is 2. The van der Waals surface area contributed by atoms with Crippen molar-refractivity contribution >= 4 is 11.9 Å². The minimum Gasteiger partial charge on any atom is -0.493 e. The molecule has 0 spiro atoms. The number of fused-ring (bicyclic) bond motifs is 1. The SMILES string of the molecule is CC1(C)CCCC(C=O)=C1c1ccc2c(c1)CCCO2. The Morgan fingerprint density at radius 3 is 2.85 bits per heavy atom. The van der Waals surface area contributed by atoms with E-state index in [0.29, 0.717) is 0 Å². The van der Waals surface area contributed by atoms with Gasteiger partial charge in [-0.05, 0) is 71.9 Å². The summed E-state index contributed by atoms with van der Waals surface area (Å²) in [6.07, 6.45) is 6.39. The van der Waals surface area contributed by atoms with Crippen LogP contribution in [0.3, 0.4) is 0 Å². The van der Waals surface area contributed by atoms with Gasteiger partial charge in [-0.2, -0.15) is 0 Å². The number of ether oxygens (including phenoxy) is 1. The van der Waals surface area contributed by atoms with Crippen LogP contribution < -0.4 is 4.74 Å². The standard InChI is InChI=1S/C18H22O2/c1-18(2)9-3-5-15(12-19)17(18)14-7-8-16-13(11-14)6-4-10-20-16/h7-8,11-12H,3-6,9-10H2,1-2H3. The molecule has 0 fully saturated rings. The Morgan fingerprint density at radius 2 is 2.05 bits per heavy atom. The molecule has 0 atom stereocenters. The minimum absolute atomic E-state index is 0.0816. The molecule has 0 bridgehead atoms. The number of benzene rings is 1. The molecule has 0 saturated heterocycles. The number of carbonyl (C=O) groups excluding carboxylic acids is 1. The molecular formula is C18H22O2. The molecule has 3 rings (SSSR count). The zero-order valence-corrected chi connectivity index (χ0v) is 12.4. The highest BCUT2D eigenvalue weighted by molar-refractivity contribution is 5.90. The summed E-state index contributed by atoms with van der Waals surface area (Å²) < 4.78 is 5.69. The quantitative estimate of drug-likeness (QED) is 0.754. The van der Waals surface area contributed by atoms with E-state index in [4.69, 9.17) is 4.74 Å². The summed E-state index contributed by atoms with van der Waals surface area (Å²) >= 11 is 0. The van der Waals surface area contributed by atoms with Crippen molar-refractivity contribution in [1.29, 1.82) is 0 Å². The molecule has 0 amide bonds. The van der Waals surface area contributed by atoms with Crippen molar-refractivity contribution in [2.24, 2.45) is 5.41 Å². The summed E-state index contributed by atoms with van der Waals surface area (Å²) in [5.41, 5.74) is 4.80. The topological polar surface area (TPSA) is 26.3 Å². The van der Waals surface area contributed by atoms with E-state index in [1.165, 1.54) is 16.7 Å². The first kappa shape index (κ1) is 13.4. The highest BCUT2D eigenvalue weighted by Crippen LogP contribution is 2.46.